The lowest BCUT2D eigenvalue weighted by Crippen LogP contribution is -2.54. The van der Waals surface area contributed by atoms with Gasteiger partial charge in [-0.2, -0.15) is 0 Å². The van der Waals surface area contributed by atoms with E-state index in [4.69, 9.17) is 0 Å². The van der Waals surface area contributed by atoms with Crippen LogP contribution in [-0.2, 0) is 4.79 Å². The number of hydrogen-bond acceptors (Lipinski definition) is 3. The van der Waals surface area contributed by atoms with Gasteiger partial charge in [0.05, 0.1) is 0 Å². The molecule has 106 valence electrons. The molecule has 4 nitrogen and oxygen atoms in total. The van der Waals surface area contributed by atoms with Crippen molar-refractivity contribution in [3.8, 4) is 0 Å². The molecule has 0 spiro atoms. The van der Waals surface area contributed by atoms with E-state index >= 15 is 0 Å². The Balaban J connectivity index is 2.52. The van der Waals surface area contributed by atoms with E-state index in [-0.39, 0.29) is 6.04 Å². The Bertz CT molecular complexity index is 277. The lowest BCUT2D eigenvalue weighted by atomic mass is 9.96. The predicted molar refractivity (Wildman–Crippen MR) is 73.8 cm³/mol. The number of aliphatic carboxylic acids is 1. The van der Waals surface area contributed by atoms with Crippen molar-refractivity contribution in [2.24, 2.45) is 0 Å². The molecular formula is C14H28N2O2. The van der Waals surface area contributed by atoms with E-state index in [0.29, 0.717) is 12.5 Å². The zero-order valence-corrected chi connectivity index (χ0v) is 12.2. The first-order chi connectivity index (χ1) is 8.39. The molecule has 0 radical (unpaired) electrons. The second kappa shape index (κ2) is 6.53. The normalized spacial score (nSPS) is 19.2. The van der Waals surface area contributed by atoms with Gasteiger partial charge in [0.1, 0.15) is 5.54 Å². The summed E-state index contributed by atoms with van der Waals surface area (Å²) in [5, 5.41) is 12.6. The number of hydrogen-bond donors (Lipinski definition) is 2. The first-order valence-electron chi connectivity index (χ1n) is 7.14. The maximum absolute atomic E-state index is 11.4. The van der Waals surface area contributed by atoms with Crippen molar-refractivity contribution in [3.05, 3.63) is 0 Å². The lowest BCUT2D eigenvalue weighted by molar-refractivity contribution is -0.145. The monoisotopic (exact) mass is 256 g/mol. The van der Waals surface area contributed by atoms with Crippen molar-refractivity contribution in [2.75, 3.05) is 13.1 Å². The van der Waals surface area contributed by atoms with E-state index in [1.165, 1.54) is 12.8 Å². The molecule has 1 atom stereocenters. The van der Waals surface area contributed by atoms with Gasteiger partial charge < -0.3 is 10.0 Å². The quantitative estimate of drug-likeness (QED) is 0.663. The number of rotatable bonds is 9. The highest BCUT2D eigenvalue weighted by Crippen LogP contribution is 2.28. The van der Waals surface area contributed by atoms with E-state index in [9.17, 15) is 9.90 Å². The van der Waals surface area contributed by atoms with Gasteiger partial charge in [-0.25, -0.2) is 0 Å². The average Bonchev–Trinajstić information content (AvgIpc) is 3.06. The second-order valence-corrected chi connectivity index (χ2v) is 5.95. The Morgan fingerprint density at radius 2 is 2.06 bits per heavy atom. The summed E-state index contributed by atoms with van der Waals surface area (Å²) in [5.74, 6) is -0.747. The predicted octanol–water partition coefficient (Wildman–Crippen LogP) is 2.09. The van der Waals surface area contributed by atoms with Crippen LogP contribution in [0.4, 0.5) is 0 Å². The van der Waals surface area contributed by atoms with Crippen LogP contribution < -0.4 is 5.32 Å². The fourth-order valence-corrected chi connectivity index (χ4v) is 2.45. The molecule has 1 aliphatic rings. The Labute approximate surface area is 111 Å². The minimum atomic E-state index is -0.810. The van der Waals surface area contributed by atoms with Gasteiger partial charge in [0, 0.05) is 18.6 Å². The van der Waals surface area contributed by atoms with Crippen LogP contribution in [0.25, 0.3) is 0 Å². The van der Waals surface area contributed by atoms with Crippen LogP contribution in [-0.4, -0.2) is 46.7 Å². The van der Waals surface area contributed by atoms with Crippen LogP contribution in [0.15, 0.2) is 0 Å². The molecule has 1 fully saturated rings. The maximum atomic E-state index is 11.4. The summed E-state index contributed by atoms with van der Waals surface area (Å²) >= 11 is 0. The molecule has 4 heteroatoms. The van der Waals surface area contributed by atoms with Gasteiger partial charge >= 0.3 is 5.97 Å². The molecule has 0 bridgehead atoms. The van der Waals surface area contributed by atoms with E-state index < -0.39 is 11.5 Å². The number of carbonyl (C=O) groups is 1. The fraction of sp³-hybridized carbons (Fsp3) is 0.929. The van der Waals surface area contributed by atoms with Crippen LogP contribution in [0.1, 0.15) is 53.4 Å². The zero-order valence-electron chi connectivity index (χ0n) is 12.2. The molecule has 1 unspecified atom stereocenters. The Morgan fingerprint density at radius 1 is 1.44 bits per heavy atom. The molecule has 1 aliphatic carbocycles. The summed E-state index contributed by atoms with van der Waals surface area (Å²) in [6, 6.07) is 0.897. The van der Waals surface area contributed by atoms with Gasteiger partial charge in [0.2, 0.25) is 0 Å². The molecule has 1 rings (SSSR count). The van der Waals surface area contributed by atoms with Crippen LogP contribution in [0.2, 0.25) is 0 Å². The minimum absolute atomic E-state index is 0.187. The average molecular weight is 256 g/mol. The third-order valence-corrected chi connectivity index (χ3v) is 3.55. The first kappa shape index (κ1) is 15.4. The number of carboxylic acids is 1. The maximum Gasteiger partial charge on any atom is 0.323 e. The second-order valence-electron chi connectivity index (χ2n) is 5.95. The zero-order chi connectivity index (χ0) is 13.8. The molecule has 0 aliphatic heterocycles. The van der Waals surface area contributed by atoms with Crippen molar-refractivity contribution in [1.29, 1.82) is 0 Å². The number of nitrogens with one attached hydrogen (secondary N) is 1. The highest BCUT2D eigenvalue weighted by Gasteiger charge is 2.35. The van der Waals surface area contributed by atoms with E-state index in [1.54, 1.807) is 6.92 Å². The van der Waals surface area contributed by atoms with Crippen molar-refractivity contribution in [1.82, 2.24) is 10.2 Å². The van der Waals surface area contributed by atoms with Gasteiger partial charge in [0.25, 0.3) is 0 Å². The number of carboxylic acid groups (broad SMARTS) is 1. The van der Waals surface area contributed by atoms with Crippen LogP contribution >= 0.6 is 0 Å². The molecule has 0 aromatic heterocycles. The standard InChI is InChI=1S/C14H28N2O2/c1-5-9-16(12-6-7-12)10-8-14(4,13(17)18)15-11(2)3/h11-12,15H,5-10H2,1-4H3,(H,17,18). The molecule has 1 saturated carbocycles. The summed E-state index contributed by atoms with van der Waals surface area (Å²) in [6.07, 6.45) is 4.36. The third kappa shape index (κ3) is 4.58. The Hall–Kier alpha value is -0.610. The van der Waals surface area contributed by atoms with Crippen molar-refractivity contribution in [2.45, 2.75) is 71.0 Å². The molecule has 2 N–H and O–H groups in total. The van der Waals surface area contributed by atoms with Crippen LogP contribution in [0.3, 0.4) is 0 Å². The summed E-state index contributed by atoms with van der Waals surface area (Å²) in [4.78, 5) is 13.9. The molecule has 0 aromatic carbocycles. The van der Waals surface area contributed by atoms with Gasteiger partial charge in [-0.05, 0) is 53.0 Å². The van der Waals surface area contributed by atoms with Crippen molar-refractivity contribution < 1.29 is 9.90 Å². The first-order valence-corrected chi connectivity index (χ1v) is 7.14. The van der Waals surface area contributed by atoms with E-state index in [0.717, 1.165) is 19.5 Å². The lowest BCUT2D eigenvalue weighted by Gasteiger charge is -2.31. The van der Waals surface area contributed by atoms with E-state index in [1.807, 2.05) is 13.8 Å². The largest absolute Gasteiger partial charge is 0.480 e. The molecule has 0 amide bonds. The van der Waals surface area contributed by atoms with Crippen molar-refractivity contribution >= 4 is 5.97 Å². The molecule has 0 heterocycles. The van der Waals surface area contributed by atoms with Gasteiger partial charge in [-0.1, -0.05) is 6.92 Å². The molecular weight excluding hydrogens is 228 g/mol. The summed E-state index contributed by atoms with van der Waals surface area (Å²) < 4.78 is 0. The summed E-state index contributed by atoms with van der Waals surface area (Å²) in [7, 11) is 0. The third-order valence-electron chi connectivity index (χ3n) is 3.55. The van der Waals surface area contributed by atoms with Crippen molar-refractivity contribution in [3.63, 3.8) is 0 Å². The minimum Gasteiger partial charge on any atom is -0.480 e. The SMILES string of the molecule is CCCN(CCC(C)(NC(C)C)C(=O)O)C1CC1. The summed E-state index contributed by atoms with van der Waals surface area (Å²) in [5.41, 5.74) is -0.810. The Morgan fingerprint density at radius 3 is 2.44 bits per heavy atom. The number of nitrogens with zero attached hydrogens (tertiary/aromatic N) is 1. The van der Waals surface area contributed by atoms with Crippen LogP contribution in [0.5, 0.6) is 0 Å². The topological polar surface area (TPSA) is 52.6 Å². The Kier molecular flexibility index (Phi) is 5.60. The van der Waals surface area contributed by atoms with Gasteiger partial charge in [-0.15, -0.1) is 0 Å². The van der Waals surface area contributed by atoms with Crippen LogP contribution in [0, 0.1) is 0 Å². The molecule has 18 heavy (non-hydrogen) atoms. The fourth-order valence-electron chi connectivity index (χ4n) is 2.45. The summed E-state index contributed by atoms with van der Waals surface area (Å²) in [6.45, 7) is 9.92. The highest BCUT2D eigenvalue weighted by atomic mass is 16.4. The molecule has 0 aromatic rings. The van der Waals surface area contributed by atoms with Gasteiger partial charge in [0.15, 0.2) is 0 Å². The molecule has 0 saturated heterocycles. The van der Waals surface area contributed by atoms with Gasteiger partial charge in [-0.3, -0.25) is 10.1 Å². The van der Waals surface area contributed by atoms with E-state index in [2.05, 4.69) is 17.1 Å². The smallest absolute Gasteiger partial charge is 0.323 e. The highest BCUT2D eigenvalue weighted by molar-refractivity contribution is 5.78.